The van der Waals surface area contributed by atoms with E-state index in [0.717, 1.165) is 16.4 Å². The lowest BCUT2D eigenvalue weighted by atomic mass is 10.2. The van der Waals surface area contributed by atoms with E-state index in [2.05, 4.69) is 20.2 Å². The zero-order chi connectivity index (χ0) is 22.6. The van der Waals surface area contributed by atoms with Crippen molar-refractivity contribution in [3.8, 4) is 22.2 Å². The van der Waals surface area contributed by atoms with Gasteiger partial charge in [0.15, 0.2) is 0 Å². The van der Waals surface area contributed by atoms with E-state index in [0.29, 0.717) is 29.6 Å². The molecule has 0 aliphatic heterocycles. The number of nitrogens with zero attached hydrogens (tertiary/aromatic N) is 5. The van der Waals surface area contributed by atoms with E-state index >= 15 is 0 Å². The molecule has 166 valence electrons. The van der Waals surface area contributed by atoms with Gasteiger partial charge in [-0.2, -0.15) is 4.31 Å². The van der Waals surface area contributed by atoms with Gasteiger partial charge in [0.2, 0.25) is 15.9 Å². The number of sulfonamides is 1. The summed E-state index contributed by atoms with van der Waals surface area (Å²) in [5.74, 6) is 0.845. The molecule has 4 rings (SSSR count). The van der Waals surface area contributed by atoms with Crippen LogP contribution in [-0.4, -0.2) is 46.0 Å². The predicted molar refractivity (Wildman–Crippen MR) is 125 cm³/mol. The summed E-state index contributed by atoms with van der Waals surface area (Å²) in [4.78, 5) is 9.13. The molecule has 3 heterocycles. The molecule has 0 bridgehead atoms. The molecule has 0 aliphatic carbocycles. The van der Waals surface area contributed by atoms with E-state index in [9.17, 15) is 8.42 Å². The van der Waals surface area contributed by atoms with Gasteiger partial charge in [0, 0.05) is 36.0 Å². The predicted octanol–water partition coefficient (Wildman–Crippen LogP) is 4.58. The molecule has 32 heavy (non-hydrogen) atoms. The van der Waals surface area contributed by atoms with E-state index in [4.69, 9.17) is 4.42 Å². The van der Waals surface area contributed by atoms with Crippen LogP contribution in [0, 0.1) is 0 Å². The quantitative estimate of drug-likeness (QED) is 0.316. The summed E-state index contributed by atoms with van der Waals surface area (Å²) in [7, 11) is -3.57. The van der Waals surface area contributed by atoms with Gasteiger partial charge >= 0.3 is 0 Å². The summed E-state index contributed by atoms with van der Waals surface area (Å²) in [6.45, 7) is 4.44. The number of hydrogen-bond donors (Lipinski definition) is 0. The standard InChI is InChI=1S/C21H21N5O3S3/c1-3-26(4-2)32(27,28)17-9-7-8-15(12-17)19-24-25-21(29-19)31-14-16-13-30-20(23-16)18-10-5-6-11-22-18/h5-13H,3-4,14H2,1-2H3. The SMILES string of the molecule is CCN(CC)S(=O)(=O)c1cccc(-c2nnc(SCc3csc(-c4ccccn4)n3)o2)c1. The topological polar surface area (TPSA) is 102 Å². The molecular formula is C21H21N5O3S3. The fourth-order valence-electron chi connectivity index (χ4n) is 3.00. The number of benzene rings is 1. The van der Waals surface area contributed by atoms with Crippen LogP contribution in [0.4, 0.5) is 0 Å². The molecule has 0 aliphatic rings. The van der Waals surface area contributed by atoms with Gasteiger partial charge < -0.3 is 4.42 Å². The molecule has 0 spiro atoms. The second-order valence-corrected chi connectivity index (χ2v) is 10.4. The zero-order valence-corrected chi connectivity index (χ0v) is 20.0. The number of thioether (sulfide) groups is 1. The van der Waals surface area contributed by atoms with Crippen molar-refractivity contribution in [2.24, 2.45) is 0 Å². The zero-order valence-electron chi connectivity index (χ0n) is 17.5. The first-order valence-corrected chi connectivity index (χ1v) is 13.2. The van der Waals surface area contributed by atoms with Crippen LogP contribution in [0.25, 0.3) is 22.2 Å². The Kier molecular flexibility index (Phi) is 6.99. The van der Waals surface area contributed by atoms with Gasteiger partial charge in [-0.05, 0) is 30.3 Å². The Hall–Kier alpha value is -2.60. The molecule has 0 saturated heterocycles. The van der Waals surface area contributed by atoms with E-state index in [1.54, 1.807) is 30.5 Å². The highest BCUT2D eigenvalue weighted by Crippen LogP contribution is 2.29. The molecule has 0 atom stereocenters. The van der Waals surface area contributed by atoms with Gasteiger partial charge in [-0.1, -0.05) is 37.7 Å². The minimum atomic E-state index is -3.57. The minimum absolute atomic E-state index is 0.204. The Balaban J connectivity index is 1.46. The Bertz CT molecular complexity index is 1280. The Morgan fingerprint density at radius 3 is 2.69 bits per heavy atom. The molecule has 0 N–H and O–H groups in total. The second kappa shape index (κ2) is 9.90. The van der Waals surface area contributed by atoms with Crippen LogP contribution in [0.1, 0.15) is 19.5 Å². The van der Waals surface area contributed by atoms with Gasteiger partial charge in [-0.25, -0.2) is 13.4 Å². The van der Waals surface area contributed by atoms with Crippen LogP contribution in [0.15, 0.2) is 68.6 Å². The van der Waals surface area contributed by atoms with Crippen LogP contribution in [-0.2, 0) is 15.8 Å². The maximum atomic E-state index is 12.8. The first-order valence-electron chi connectivity index (χ1n) is 9.94. The molecule has 0 saturated carbocycles. The molecule has 1 aromatic carbocycles. The van der Waals surface area contributed by atoms with Crippen LogP contribution in [0.5, 0.6) is 0 Å². The van der Waals surface area contributed by atoms with Crippen LogP contribution < -0.4 is 0 Å². The van der Waals surface area contributed by atoms with Crippen molar-refractivity contribution >= 4 is 33.1 Å². The fourth-order valence-corrected chi connectivity index (χ4v) is 6.06. The number of aromatic nitrogens is 4. The molecule has 0 unspecified atom stereocenters. The first-order chi connectivity index (χ1) is 15.5. The largest absolute Gasteiger partial charge is 0.411 e. The van der Waals surface area contributed by atoms with E-state index in [1.807, 2.05) is 37.4 Å². The van der Waals surface area contributed by atoms with Crippen LogP contribution in [0.3, 0.4) is 0 Å². The Morgan fingerprint density at radius 1 is 1.09 bits per heavy atom. The smallest absolute Gasteiger partial charge is 0.277 e. The van der Waals surface area contributed by atoms with Crippen LogP contribution in [0.2, 0.25) is 0 Å². The van der Waals surface area contributed by atoms with Crippen molar-refractivity contribution in [1.29, 1.82) is 0 Å². The third-order valence-corrected chi connectivity index (χ3v) is 8.42. The lowest BCUT2D eigenvalue weighted by Gasteiger charge is -2.18. The lowest BCUT2D eigenvalue weighted by molar-refractivity contribution is 0.445. The normalized spacial score (nSPS) is 11.8. The number of pyridine rings is 1. The number of hydrogen-bond acceptors (Lipinski definition) is 9. The van der Waals surface area contributed by atoms with Gasteiger partial charge in [0.1, 0.15) is 5.01 Å². The van der Waals surface area contributed by atoms with Crippen molar-refractivity contribution in [2.45, 2.75) is 29.7 Å². The second-order valence-electron chi connectivity index (χ2n) is 6.64. The molecule has 4 aromatic rings. The van der Waals surface area contributed by atoms with E-state index in [-0.39, 0.29) is 10.8 Å². The number of thiazole rings is 1. The molecule has 0 amide bonds. The third-order valence-electron chi connectivity index (χ3n) is 4.61. The van der Waals surface area contributed by atoms with Gasteiger partial charge in [0.05, 0.1) is 16.3 Å². The minimum Gasteiger partial charge on any atom is -0.411 e. The molecule has 3 aromatic heterocycles. The summed E-state index contributed by atoms with van der Waals surface area (Å²) >= 11 is 2.91. The fraction of sp³-hybridized carbons (Fsp3) is 0.238. The third kappa shape index (κ3) is 4.90. The molecule has 8 nitrogen and oxygen atoms in total. The van der Waals surface area contributed by atoms with Crippen molar-refractivity contribution in [3.63, 3.8) is 0 Å². The van der Waals surface area contributed by atoms with Crippen molar-refractivity contribution in [3.05, 3.63) is 59.7 Å². The van der Waals surface area contributed by atoms with E-state index < -0.39 is 10.0 Å². The van der Waals surface area contributed by atoms with Crippen molar-refractivity contribution in [1.82, 2.24) is 24.5 Å². The molecular weight excluding hydrogens is 466 g/mol. The van der Waals surface area contributed by atoms with Crippen molar-refractivity contribution in [2.75, 3.05) is 13.1 Å². The highest BCUT2D eigenvalue weighted by Gasteiger charge is 2.22. The summed E-state index contributed by atoms with van der Waals surface area (Å²) < 4.78 is 32.8. The maximum absolute atomic E-state index is 12.8. The van der Waals surface area contributed by atoms with Gasteiger partial charge in [-0.15, -0.1) is 21.5 Å². The summed E-state index contributed by atoms with van der Waals surface area (Å²) in [5, 5.41) is 11.4. The van der Waals surface area contributed by atoms with E-state index in [1.165, 1.54) is 27.4 Å². The Morgan fingerprint density at radius 2 is 1.94 bits per heavy atom. The Labute approximate surface area is 194 Å². The van der Waals surface area contributed by atoms with Gasteiger partial charge in [0.25, 0.3) is 5.22 Å². The van der Waals surface area contributed by atoms with Gasteiger partial charge in [-0.3, -0.25) is 4.98 Å². The summed E-state index contributed by atoms with van der Waals surface area (Å²) in [6, 6.07) is 12.3. The molecule has 0 fully saturated rings. The average Bonchev–Trinajstić information content (AvgIpc) is 3.49. The first kappa shape index (κ1) is 22.6. The summed E-state index contributed by atoms with van der Waals surface area (Å²) in [6.07, 6.45) is 1.74. The summed E-state index contributed by atoms with van der Waals surface area (Å²) in [5.41, 5.74) is 2.30. The highest BCUT2D eigenvalue weighted by atomic mass is 32.2. The van der Waals surface area contributed by atoms with Crippen molar-refractivity contribution < 1.29 is 12.8 Å². The average molecular weight is 488 g/mol. The maximum Gasteiger partial charge on any atom is 0.277 e. The lowest BCUT2D eigenvalue weighted by Crippen LogP contribution is -2.30. The monoisotopic (exact) mass is 487 g/mol. The highest BCUT2D eigenvalue weighted by molar-refractivity contribution is 7.98. The molecule has 0 radical (unpaired) electrons. The molecule has 11 heteroatoms. The number of rotatable bonds is 9. The van der Waals surface area contributed by atoms with Crippen LogP contribution >= 0.6 is 23.1 Å².